The Balaban J connectivity index is 1.58. The number of carbonyl (C=O) groups excluding carboxylic acids is 1. The van der Waals surface area contributed by atoms with E-state index in [0.717, 1.165) is 42.3 Å². The second-order valence-electron chi connectivity index (χ2n) is 6.14. The van der Waals surface area contributed by atoms with Gasteiger partial charge in [0, 0.05) is 42.9 Å². The van der Waals surface area contributed by atoms with Gasteiger partial charge < -0.3 is 9.64 Å². The van der Waals surface area contributed by atoms with Gasteiger partial charge >= 0.3 is 0 Å². The van der Waals surface area contributed by atoms with Crippen LogP contribution in [0.15, 0.2) is 17.6 Å². The maximum atomic E-state index is 12.6. The molecule has 0 aromatic carbocycles. The number of hydrogen-bond acceptors (Lipinski definition) is 5. The molecule has 7 heteroatoms. The highest BCUT2D eigenvalue weighted by Crippen LogP contribution is 2.26. The summed E-state index contributed by atoms with van der Waals surface area (Å²) in [6.07, 6.45) is 4.25. The molecule has 0 radical (unpaired) electrons. The van der Waals surface area contributed by atoms with E-state index in [2.05, 4.69) is 15.2 Å². The molecule has 0 bridgehead atoms. The van der Waals surface area contributed by atoms with Gasteiger partial charge in [-0.05, 0) is 32.8 Å². The number of rotatable bonds is 6. The minimum absolute atomic E-state index is 0.0106. The maximum Gasteiger partial charge on any atom is 0.228 e. The Morgan fingerprint density at radius 1 is 1.58 bits per heavy atom. The number of likely N-dealkylation sites (tertiary alicyclic amines) is 1. The van der Waals surface area contributed by atoms with Crippen LogP contribution in [-0.2, 0) is 16.0 Å². The lowest BCUT2D eigenvalue weighted by atomic mass is 9.94. The van der Waals surface area contributed by atoms with E-state index in [-0.39, 0.29) is 12.0 Å². The van der Waals surface area contributed by atoms with Crippen molar-refractivity contribution in [2.24, 2.45) is 0 Å². The topological polar surface area (TPSA) is 71.1 Å². The highest BCUT2D eigenvalue weighted by molar-refractivity contribution is 7.09. The second kappa shape index (κ2) is 7.90. The van der Waals surface area contributed by atoms with E-state index in [1.54, 1.807) is 17.5 Å². The minimum atomic E-state index is -0.0106. The van der Waals surface area contributed by atoms with Crippen LogP contribution in [0.25, 0.3) is 0 Å². The van der Waals surface area contributed by atoms with Gasteiger partial charge in [-0.15, -0.1) is 11.3 Å². The molecule has 0 spiro atoms. The average Bonchev–Trinajstić information content (AvgIpc) is 3.27. The molecule has 0 unspecified atom stereocenters. The summed E-state index contributed by atoms with van der Waals surface area (Å²) < 4.78 is 5.56. The minimum Gasteiger partial charge on any atom is -0.372 e. The first-order valence-electron chi connectivity index (χ1n) is 8.50. The quantitative estimate of drug-likeness (QED) is 0.871. The molecule has 2 aromatic heterocycles. The van der Waals surface area contributed by atoms with Crippen LogP contribution in [0.1, 0.15) is 55.1 Å². The van der Waals surface area contributed by atoms with Crippen molar-refractivity contribution in [1.29, 1.82) is 0 Å². The summed E-state index contributed by atoms with van der Waals surface area (Å²) in [5.74, 6) is 0.509. The number of ether oxygens (including phenoxy) is 1. The van der Waals surface area contributed by atoms with Gasteiger partial charge in [0.15, 0.2) is 0 Å². The van der Waals surface area contributed by atoms with Crippen LogP contribution in [0.2, 0.25) is 0 Å². The fraction of sp³-hybridized carbons (Fsp3) is 0.588. The van der Waals surface area contributed by atoms with Crippen molar-refractivity contribution in [3.63, 3.8) is 0 Å². The molecule has 0 aliphatic carbocycles. The Morgan fingerprint density at radius 2 is 2.46 bits per heavy atom. The van der Waals surface area contributed by atoms with Gasteiger partial charge in [-0.2, -0.15) is 5.10 Å². The van der Waals surface area contributed by atoms with Crippen LogP contribution < -0.4 is 0 Å². The van der Waals surface area contributed by atoms with Gasteiger partial charge in [0.1, 0.15) is 11.1 Å². The SMILES string of the molecule is CCO[C@@H](C)c1nc(CC(=O)N2CCC[C@@H](c3ccn[nH]3)C2)cs1. The summed E-state index contributed by atoms with van der Waals surface area (Å²) in [4.78, 5) is 19.1. The lowest BCUT2D eigenvalue weighted by Gasteiger charge is -2.32. The molecular formula is C17H24N4O2S. The van der Waals surface area contributed by atoms with Crippen LogP contribution in [0.4, 0.5) is 0 Å². The van der Waals surface area contributed by atoms with Crippen molar-refractivity contribution in [2.45, 2.75) is 45.1 Å². The third-order valence-electron chi connectivity index (χ3n) is 4.40. The number of thiazole rings is 1. The lowest BCUT2D eigenvalue weighted by molar-refractivity contribution is -0.131. The predicted octanol–water partition coefficient (Wildman–Crippen LogP) is 2.91. The normalized spacial score (nSPS) is 19.4. The molecule has 24 heavy (non-hydrogen) atoms. The van der Waals surface area contributed by atoms with Crippen molar-refractivity contribution in [2.75, 3.05) is 19.7 Å². The zero-order valence-corrected chi connectivity index (χ0v) is 15.0. The number of carbonyl (C=O) groups is 1. The van der Waals surface area contributed by atoms with Gasteiger partial charge in [-0.3, -0.25) is 9.89 Å². The third kappa shape index (κ3) is 4.02. The van der Waals surface area contributed by atoms with E-state index < -0.39 is 0 Å². The largest absolute Gasteiger partial charge is 0.372 e. The molecule has 1 N–H and O–H groups in total. The zero-order chi connectivity index (χ0) is 16.9. The Bertz CT molecular complexity index is 655. The molecule has 3 heterocycles. The van der Waals surface area contributed by atoms with Crippen molar-refractivity contribution in [1.82, 2.24) is 20.1 Å². The molecule has 2 aromatic rings. The summed E-state index contributed by atoms with van der Waals surface area (Å²) in [5.41, 5.74) is 1.96. The summed E-state index contributed by atoms with van der Waals surface area (Å²) in [6, 6.07) is 2.00. The molecule has 130 valence electrons. The molecule has 6 nitrogen and oxygen atoms in total. The third-order valence-corrected chi connectivity index (χ3v) is 5.46. The van der Waals surface area contributed by atoms with Crippen LogP contribution in [-0.4, -0.2) is 45.7 Å². The monoisotopic (exact) mass is 348 g/mol. The maximum absolute atomic E-state index is 12.6. The molecule has 0 saturated carbocycles. The van der Waals surface area contributed by atoms with E-state index in [1.807, 2.05) is 30.2 Å². The highest BCUT2D eigenvalue weighted by atomic mass is 32.1. The fourth-order valence-electron chi connectivity index (χ4n) is 3.13. The molecule has 2 atom stereocenters. The van der Waals surface area contributed by atoms with E-state index in [9.17, 15) is 4.79 Å². The van der Waals surface area contributed by atoms with E-state index in [1.165, 1.54) is 0 Å². The van der Waals surface area contributed by atoms with Crippen molar-refractivity contribution < 1.29 is 9.53 Å². The van der Waals surface area contributed by atoms with Crippen LogP contribution >= 0.6 is 11.3 Å². The molecule has 1 saturated heterocycles. The van der Waals surface area contributed by atoms with Crippen molar-refractivity contribution in [3.05, 3.63) is 34.0 Å². The Kier molecular flexibility index (Phi) is 5.63. The number of nitrogens with one attached hydrogen (secondary N) is 1. The Hall–Kier alpha value is -1.73. The first-order valence-corrected chi connectivity index (χ1v) is 9.38. The number of nitrogens with zero attached hydrogens (tertiary/aromatic N) is 3. The Morgan fingerprint density at radius 3 is 3.21 bits per heavy atom. The zero-order valence-electron chi connectivity index (χ0n) is 14.2. The van der Waals surface area contributed by atoms with Crippen LogP contribution in [0.3, 0.4) is 0 Å². The van der Waals surface area contributed by atoms with E-state index >= 15 is 0 Å². The van der Waals surface area contributed by atoms with Gasteiger partial charge in [-0.25, -0.2) is 4.98 Å². The van der Waals surface area contributed by atoms with Gasteiger partial charge in [-0.1, -0.05) is 0 Å². The smallest absolute Gasteiger partial charge is 0.228 e. The standard InChI is InChI=1S/C17H24N4O2S/c1-3-23-12(2)17-19-14(11-24-17)9-16(22)21-8-4-5-13(10-21)15-6-7-18-20-15/h6-7,11-13H,3-5,8-10H2,1-2H3,(H,18,20)/t12-,13+/m0/s1. The molecule has 1 fully saturated rings. The number of aromatic nitrogens is 3. The summed E-state index contributed by atoms with van der Waals surface area (Å²) in [5, 5.41) is 9.96. The van der Waals surface area contributed by atoms with E-state index in [4.69, 9.17) is 4.74 Å². The van der Waals surface area contributed by atoms with Crippen molar-refractivity contribution >= 4 is 17.2 Å². The number of hydrogen-bond donors (Lipinski definition) is 1. The first-order chi connectivity index (χ1) is 11.7. The van der Waals surface area contributed by atoms with Crippen LogP contribution in [0.5, 0.6) is 0 Å². The Labute approximate surface area is 146 Å². The molecule has 1 aliphatic heterocycles. The molecule has 1 amide bonds. The number of piperidine rings is 1. The van der Waals surface area contributed by atoms with Gasteiger partial charge in [0.05, 0.1) is 12.1 Å². The number of H-pyrrole nitrogens is 1. The van der Waals surface area contributed by atoms with Crippen LogP contribution in [0, 0.1) is 0 Å². The summed E-state index contributed by atoms with van der Waals surface area (Å²) in [7, 11) is 0. The molecular weight excluding hydrogens is 324 g/mol. The average molecular weight is 348 g/mol. The lowest BCUT2D eigenvalue weighted by Crippen LogP contribution is -2.40. The number of aromatic amines is 1. The van der Waals surface area contributed by atoms with Gasteiger partial charge in [0.2, 0.25) is 5.91 Å². The van der Waals surface area contributed by atoms with Gasteiger partial charge in [0.25, 0.3) is 0 Å². The predicted molar refractivity (Wildman–Crippen MR) is 93.0 cm³/mol. The second-order valence-corrected chi connectivity index (χ2v) is 7.03. The summed E-state index contributed by atoms with van der Waals surface area (Å²) in [6.45, 7) is 6.22. The molecule has 3 rings (SSSR count). The first kappa shape index (κ1) is 17.1. The van der Waals surface area contributed by atoms with Crippen molar-refractivity contribution in [3.8, 4) is 0 Å². The fourth-order valence-corrected chi connectivity index (χ4v) is 3.95. The number of amides is 1. The highest BCUT2D eigenvalue weighted by Gasteiger charge is 2.26. The molecule has 1 aliphatic rings. The summed E-state index contributed by atoms with van der Waals surface area (Å²) >= 11 is 1.56. The van der Waals surface area contributed by atoms with E-state index in [0.29, 0.717) is 18.9 Å².